The summed E-state index contributed by atoms with van der Waals surface area (Å²) in [5, 5.41) is 11.7. The first-order valence-corrected chi connectivity index (χ1v) is 4.85. The molecule has 86 valence electrons. The van der Waals surface area contributed by atoms with Crippen molar-refractivity contribution < 1.29 is 14.3 Å². The second-order valence-electron chi connectivity index (χ2n) is 3.49. The topological polar surface area (TPSA) is 78.3 Å². The van der Waals surface area contributed by atoms with Gasteiger partial charge in [0.15, 0.2) is 5.82 Å². The zero-order valence-electron chi connectivity index (χ0n) is 8.43. The third kappa shape index (κ3) is 2.25. The van der Waals surface area contributed by atoms with Crippen LogP contribution in [0.2, 0.25) is 0 Å². The Morgan fingerprint density at radius 1 is 1.56 bits per heavy atom. The first-order valence-electron chi connectivity index (χ1n) is 4.85. The van der Waals surface area contributed by atoms with Crippen molar-refractivity contribution in [2.24, 2.45) is 0 Å². The first kappa shape index (κ1) is 10.7. The maximum absolute atomic E-state index is 12.6. The molecular formula is C9H11FN4O2. The highest BCUT2D eigenvalue weighted by molar-refractivity contribution is 5.74. The van der Waals surface area contributed by atoms with Crippen LogP contribution in [0.3, 0.4) is 0 Å². The van der Waals surface area contributed by atoms with Gasteiger partial charge in [-0.3, -0.25) is 4.79 Å². The van der Waals surface area contributed by atoms with Gasteiger partial charge in [-0.15, -0.1) is 0 Å². The minimum absolute atomic E-state index is 0.279. The Labute approximate surface area is 91.1 Å². The van der Waals surface area contributed by atoms with Crippen molar-refractivity contribution >= 4 is 11.9 Å². The SMILES string of the molecule is O=C(O)[C@H]1CN(c2ncc(F)cn2)CCN1. The molecular weight excluding hydrogens is 215 g/mol. The first-order chi connectivity index (χ1) is 7.66. The van der Waals surface area contributed by atoms with E-state index in [-0.39, 0.29) is 6.54 Å². The van der Waals surface area contributed by atoms with Crippen molar-refractivity contribution in [2.75, 3.05) is 24.5 Å². The van der Waals surface area contributed by atoms with Crippen molar-refractivity contribution in [2.45, 2.75) is 6.04 Å². The highest BCUT2D eigenvalue weighted by atomic mass is 19.1. The smallest absolute Gasteiger partial charge is 0.322 e. The minimum atomic E-state index is -0.910. The van der Waals surface area contributed by atoms with Gasteiger partial charge in [0.1, 0.15) is 6.04 Å². The van der Waals surface area contributed by atoms with Crippen LogP contribution >= 0.6 is 0 Å². The molecule has 2 heterocycles. The Balaban J connectivity index is 2.09. The number of halogens is 1. The molecule has 0 spiro atoms. The molecule has 0 amide bonds. The Bertz CT molecular complexity index is 384. The van der Waals surface area contributed by atoms with Gasteiger partial charge in [-0.2, -0.15) is 0 Å². The normalized spacial score (nSPS) is 20.8. The summed E-state index contributed by atoms with van der Waals surface area (Å²) in [6, 6.07) is -0.637. The van der Waals surface area contributed by atoms with E-state index in [9.17, 15) is 9.18 Å². The van der Waals surface area contributed by atoms with Gasteiger partial charge in [-0.1, -0.05) is 0 Å². The number of nitrogens with zero attached hydrogens (tertiary/aromatic N) is 3. The average molecular weight is 226 g/mol. The number of carbonyl (C=O) groups is 1. The lowest BCUT2D eigenvalue weighted by Gasteiger charge is -2.31. The highest BCUT2D eigenvalue weighted by Gasteiger charge is 2.25. The lowest BCUT2D eigenvalue weighted by molar-refractivity contribution is -0.139. The van der Waals surface area contributed by atoms with Gasteiger partial charge in [0, 0.05) is 19.6 Å². The van der Waals surface area contributed by atoms with Crippen molar-refractivity contribution in [3.63, 3.8) is 0 Å². The van der Waals surface area contributed by atoms with E-state index in [4.69, 9.17) is 5.11 Å². The summed E-state index contributed by atoms with van der Waals surface area (Å²) < 4.78 is 12.6. The number of rotatable bonds is 2. The zero-order chi connectivity index (χ0) is 11.5. The van der Waals surface area contributed by atoms with Crippen molar-refractivity contribution in [1.29, 1.82) is 0 Å². The molecule has 0 bridgehead atoms. The van der Waals surface area contributed by atoms with Gasteiger partial charge in [-0.25, -0.2) is 14.4 Å². The number of carboxylic acids is 1. The molecule has 1 fully saturated rings. The van der Waals surface area contributed by atoms with E-state index in [1.807, 2.05) is 0 Å². The van der Waals surface area contributed by atoms with Crippen LogP contribution in [0.5, 0.6) is 0 Å². The molecule has 1 saturated heterocycles. The molecule has 0 aromatic carbocycles. The molecule has 1 aromatic rings. The van der Waals surface area contributed by atoms with Crippen molar-refractivity contribution in [3.8, 4) is 0 Å². The Kier molecular flexibility index (Phi) is 2.95. The maximum atomic E-state index is 12.6. The number of hydrogen-bond acceptors (Lipinski definition) is 5. The summed E-state index contributed by atoms with van der Waals surface area (Å²) >= 11 is 0. The average Bonchev–Trinajstić information content (AvgIpc) is 2.30. The van der Waals surface area contributed by atoms with Gasteiger partial charge in [0.25, 0.3) is 0 Å². The standard InChI is InChI=1S/C9H11FN4O2/c10-6-3-12-9(13-4-6)14-2-1-11-7(5-14)8(15)16/h3-4,7,11H,1-2,5H2,(H,15,16)/t7-/m1/s1. The van der Waals surface area contributed by atoms with Crippen LogP contribution < -0.4 is 10.2 Å². The minimum Gasteiger partial charge on any atom is -0.480 e. The molecule has 1 atom stereocenters. The molecule has 1 aliphatic heterocycles. The molecule has 0 unspecified atom stereocenters. The van der Waals surface area contributed by atoms with Crippen LogP contribution in [-0.2, 0) is 4.79 Å². The predicted octanol–water partition coefficient (Wildman–Crippen LogP) is -0.522. The summed E-state index contributed by atoms with van der Waals surface area (Å²) in [5.41, 5.74) is 0. The van der Waals surface area contributed by atoms with Crippen LogP contribution in [-0.4, -0.2) is 46.7 Å². The van der Waals surface area contributed by atoms with Gasteiger partial charge in [0.2, 0.25) is 5.95 Å². The van der Waals surface area contributed by atoms with E-state index in [0.717, 1.165) is 12.4 Å². The highest BCUT2D eigenvalue weighted by Crippen LogP contribution is 2.09. The number of anilines is 1. The Hall–Kier alpha value is -1.76. The summed E-state index contributed by atoms with van der Waals surface area (Å²) in [7, 11) is 0. The second-order valence-corrected chi connectivity index (χ2v) is 3.49. The van der Waals surface area contributed by atoms with Crippen LogP contribution in [0.25, 0.3) is 0 Å². The van der Waals surface area contributed by atoms with Crippen LogP contribution in [0, 0.1) is 5.82 Å². The molecule has 0 saturated carbocycles. The lowest BCUT2D eigenvalue weighted by atomic mass is 10.2. The van der Waals surface area contributed by atoms with E-state index >= 15 is 0 Å². The Morgan fingerprint density at radius 3 is 2.88 bits per heavy atom. The van der Waals surface area contributed by atoms with Crippen molar-refractivity contribution in [3.05, 3.63) is 18.2 Å². The summed E-state index contributed by atoms with van der Waals surface area (Å²) in [6.07, 6.45) is 2.14. The fourth-order valence-corrected chi connectivity index (χ4v) is 1.57. The summed E-state index contributed by atoms with van der Waals surface area (Å²) in [4.78, 5) is 20.1. The van der Waals surface area contributed by atoms with E-state index in [0.29, 0.717) is 19.0 Å². The molecule has 1 aliphatic rings. The van der Waals surface area contributed by atoms with Crippen LogP contribution in [0.15, 0.2) is 12.4 Å². The number of nitrogens with one attached hydrogen (secondary N) is 1. The molecule has 7 heteroatoms. The number of carboxylic acid groups (broad SMARTS) is 1. The monoisotopic (exact) mass is 226 g/mol. The molecule has 0 aliphatic carbocycles. The van der Waals surface area contributed by atoms with Crippen LogP contribution in [0.1, 0.15) is 0 Å². The fraction of sp³-hybridized carbons (Fsp3) is 0.444. The second kappa shape index (κ2) is 4.40. The summed E-state index contributed by atoms with van der Waals surface area (Å²) in [5.74, 6) is -1.06. The largest absolute Gasteiger partial charge is 0.480 e. The molecule has 2 rings (SSSR count). The predicted molar refractivity (Wildman–Crippen MR) is 53.6 cm³/mol. The van der Waals surface area contributed by atoms with E-state index < -0.39 is 17.8 Å². The third-order valence-corrected chi connectivity index (χ3v) is 2.36. The molecule has 2 N–H and O–H groups in total. The Morgan fingerprint density at radius 2 is 2.25 bits per heavy atom. The van der Waals surface area contributed by atoms with Gasteiger partial charge in [-0.05, 0) is 0 Å². The third-order valence-electron chi connectivity index (χ3n) is 2.36. The summed E-state index contributed by atoms with van der Waals surface area (Å²) in [6.45, 7) is 1.42. The lowest BCUT2D eigenvalue weighted by Crippen LogP contribution is -2.54. The van der Waals surface area contributed by atoms with Gasteiger partial charge >= 0.3 is 5.97 Å². The van der Waals surface area contributed by atoms with E-state index in [2.05, 4.69) is 15.3 Å². The molecule has 6 nitrogen and oxygen atoms in total. The van der Waals surface area contributed by atoms with Crippen molar-refractivity contribution in [1.82, 2.24) is 15.3 Å². The molecule has 1 aromatic heterocycles. The maximum Gasteiger partial charge on any atom is 0.322 e. The van der Waals surface area contributed by atoms with E-state index in [1.54, 1.807) is 4.90 Å². The molecule has 16 heavy (non-hydrogen) atoms. The fourth-order valence-electron chi connectivity index (χ4n) is 1.57. The number of hydrogen-bond donors (Lipinski definition) is 2. The van der Waals surface area contributed by atoms with E-state index in [1.165, 1.54) is 0 Å². The number of piperazine rings is 1. The molecule has 0 radical (unpaired) electrons. The van der Waals surface area contributed by atoms with Gasteiger partial charge in [0.05, 0.1) is 12.4 Å². The van der Waals surface area contributed by atoms with Crippen LogP contribution in [0.4, 0.5) is 10.3 Å². The quantitative estimate of drug-likeness (QED) is 0.706. The number of aliphatic carboxylic acids is 1. The number of aromatic nitrogens is 2. The zero-order valence-corrected chi connectivity index (χ0v) is 8.43. The van der Waals surface area contributed by atoms with Gasteiger partial charge < -0.3 is 15.3 Å².